The third-order valence-corrected chi connectivity index (χ3v) is 4.44. The van der Waals surface area contributed by atoms with E-state index in [9.17, 15) is 4.79 Å². The highest BCUT2D eigenvalue weighted by Gasteiger charge is 2.30. The highest BCUT2D eigenvalue weighted by Crippen LogP contribution is 2.35. The molecule has 22 heavy (non-hydrogen) atoms. The van der Waals surface area contributed by atoms with Crippen LogP contribution in [0.3, 0.4) is 0 Å². The standard InChI is InChI=1S/C14H25N7O/c1-10(13-16-17-18-21(13)12-6-7-12)15-14(22)20(3)9-8-19(2)11-4-5-11/h10-12H,4-9H2,1-3H3,(H,15,22)/t10-/m0/s1. The number of hydrogen-bond donors (Lipinski definition) is 1. The summed E-state index contributed by atoms with van der Waals surface area (Å²) in [4.78, 5) is 16.3. The van der Waals surface area contributed by atoms with Crippen LogP contribution in [-0.2, 0) is 0 Å². The number of aromatic nitrogens is 4. The van der Waals surface area contributed by atoms with Crippen molar-refractivity contribution in [1.29, 1.82) is 0 Å². The van der Waals surface area contributed by atoms with Gasteiger partial charge < -0.3 is 15.1 Å². The zero-order chi connectivity index (χ0) is 15.7. The minimum Gasteiger partial charge on any atom is -0.328 e. The first-order valence-electron chi connectivity index (χ1n) is 8.06. The average Bonchev–Trinajstić information content (AvgIpc) is 3.42. The van der Waals surface area contributed by atoms with Gasteiger partial charge in [-0.25, -0.2) is 9.48 Å². The highest BCUT2D eigenvalue weighted by atomic mass is 16.2. The van der Waals surface area contributed by atoms with Crippen LogP contribution in [0.2, 0.25) is 0 Å². The Morgan fingerprint density at radius 3 is 2.68 bits per heavy atom. The third kappa shape index (κ3) is 3.55. The minimum atomic E-state index is -0.188. The van der Waals surface area contributed by atoms with Crippen LogP contribution >= 0.6 is 0 Å². The zero-order valence-electron chi connectivity index (χ0n) is 13.6. The minimum absolute atomic E-state index is 0.0814. The molecule has 8 heteroatoms. The third-order valence-electron chi connectivity index (χ3n) is 4.44. The number of rotatable bonds is 7. The quantitative estimate of drug-likeness (QED) is 0.806. The zero-order valence-corrected chi connectivity index (χ0v) is 13.6. The van der Waals surface area contributed by atoms with Crippen LogP contribution in [0.15, 0.2) is 0 Å². The van der Waals surface area contributed by atoms with Gasteiger partial charge in [0, 0.05) is 26.2 Å². The van der Waals surface area contributed by atoms with Crippen molar-refractivity contribution in [1.82, 2.24) is 35.3 Å². The Hall–Kier alpha value is -1.70. The number of urea groups is 1. The molecule has 1 atom stereocenters. The molecule has 122 valence electrons. The fourth-order valence-corrected chi connectivity index (χ4v) is 2.53. The van der Waals surface area contributed by atoms with Crippen molar-refractivity contribution in [2.75, 3.05) is 27.2 Å². The van der Waals surface area contributed by atoms with Gasteiger partial charge in [-0.15, -0.1) is 5.10 Å². The molecule has 2 fully saturated rings. The van der Waals surface area contributed by atoms with Gasteiger partial charge in [0.25, 0.3) is 0 Å². The molecule has 0 saturated heterocycles. The fourth-order valence-electron chi connectivity index (χ4n) is 2.53. The van der Waals surface area contributed by atoms with Crippen molar-refractivity contribution in [2.45, 2.75) is 50.7 Å². The molecule has 0 spiro atoms. The molecule has 2 amide bonds. The maximum absolute atomic E-state index is 12.3. The fraction of sp³-hybridized carbons (Fsp3) is 0.857. The molecule has 1 heterocycles. The van der Waals surface area contributed by atoms with Gasteiger partial charge in [0.2, 0.25) is 0 Å². The van der Waals surface area contributed by atoms with Crippen LogP contribution < -0.4 is 5.32 Å². The Labute approximate surface area is 130 Å². The topological polar surface area (TPSA) is 79.2 Å². The number of nitrogens with zero attached hydrogens (tertiary/aromatic N) is 6. The Kier molecular flexibility index (Phi) is 4.28. The second-order valence-electron chi connectivity index (χ2n) is 6.52. The molecule has 2 saturated carbocycles. The number of hydrogen-bond acceptors (Lipinski definition) is 5. The normalized spacial score (nSPS) is 19.3. The number of amides is 2. The Bertz CT molecular complexity index is 523. The number of carbonyl (C=O) groups excluding carboxylic acids is 1. The van der Waals surface area contributed by atoms with E-state index in [1.807, 2.05) is 18.7 Å². The molecule has 0 unspecified atom stereocenters. The van der Waals surface area contributed by atoms with E-state index < -0.39 is 0 Å². The molecule has 2 aliphatic rings. The molecular formula is C14H25N7O. The summed E-state index contributed by atoms with van der Waals surface area (Å²) in [7, 11) is 3.95. The van der Waals surface area contributed by atoms with Crippen LogP contribution in [0, 0.1) is 0 Å². The van der Waals surface area contributed by atoms with E-state index in [1.165, 1.54) is 12.8 Å². The lowest BCUT2D eigenvalue weighted by molar-refractivity contribution is 0.195. The molecule has 0 aromatic carbocycles. The predicted octanol–water partition coefficient (Wildman–Crippen LogP) is 0.805. The summed E-state index contributed by atoms with van der Waals surface area (Å²) in [5.74, 6) is 0.736. The van der Waals surface area contributed by atoms with Crippen molar-refractivity contribution >= 4 is 6.03 Å². The van der Waals surface area contributed by atoms with Crippen LogP contribution in [0.5, 0.6) is 0 Å². The molecule has 0 bridgehead atoms. The first-order valence-corrected chi connectivity index (χ1v) is 8.06. The average molecular weight is 307 g/mol. The van der Waals surface area contributed by atoms with Gasteiger partial charge in [0.05, 0.1) is 12.1 Å². The van der Waals surface area contributed by atoms with Crippen LogP contribution in [0.1, 0.15) is 50.5 Å². The van der Waals surface area contributed by atoms with Gasteiger partial charge in [-0.1, -0.05) is 0 Å². The van der Waals surface area contributed by atoms with E-state index >= 15 is 0 Å². The van der Waals surface area contributed by atoms with Crippen molar-refractivity contribution in [2.24, 2.45) is 0 Å². The maximum atomic E-state index is 12.3. The number of likely N-dealkylation sites (N-methyl/N-ethyl adjacent to an activating group) is 2. The first kappa shape index (κ1) is 15.2. The van der Waals surface area contributed by atoms with Crippen LogP contribution in [-0.4, -0.2) is 69.3 Å². The largest absolute Gasteiger partial charge is 0.328 e. The number of carbonyl (C=O) groups is 1. The summed E-state index contributed by atoms with van der Waals surface area (Å²) in [6.45, 7) is 3.55. The van der Waals surface area contributed by atoms with E-state index in [1.54, 1.807) is 4.90 Å². The number of nitrogens with one attached hydrogen (secondary N) is 1. The molecule has 1 N–H and O–H groups in total. The van der Waals surface area contributed by atoms with Crippen molar-refractivity contribution in [3.05, 3.63) is 5.82 Å². The van der Waals surface area contributed by atoms with Gasteiger partial charge >= 0.3 is 6.03 Å². The van der Waals surface area contributed by atoms with E-state index in [-0.39, 0.29) is 12.1 Å². The lowest BCUT2D eigenvalue weighted by Crippen LogP contribution is -2.42. The molecule has 0 radical (unpaired) electrons. The van der Waals surface area contributed by atoms with Gasteiger partial charge in [0.1, 0.15) is 0 Å². The van der Waals surface area contributed by atoms with Crippen LogP contribution in [0.4, 0.5) is 4.79 Å². The molecule has 0 aliphatic heterocycles. The molecule has 1 aromatic heterocycles. The Balaban J connectivity index is 1.48. The highest BCUT2D eigenvalue weighted by molar-refractivity contribution is 5.74. The maximum Gasteiger partial charge on any atom is 0.317 e. The molecular weight excluding hydrogens is 282 g/mol. The van der Waals surface area contributed by atoms with Crippen molar-refractivity contribution in [3.8, 4) is 0 Å². The SMILES string of the molecule is C[C@H](NC(=O)N(C)CCN(C)C1CC1)c1nnnn1C1CC1. The van der Waals surface area contributed by atoms with Gasteiger partial charge in [-0.3, -0.25) is 0 Å². The summed E-state index contributed by atoms with van der Waals surface area (Å²) < 4.78 is 1.84. The van der Waals surface area contributed by atoms with Gasteiger partial charge in [-0.2, -0.15) is 0 Å². The van der Waals surface area contributed by atoms with Crippen molar-refractivity contribution < 1.29 is 4.79 Å². The van der Waals surface area contributed by atoms with E-state index in [0.29, 0.717) is 6.04 Å². The summed E-state index contributed by atoms with van der Waals surface area (Å²) in [5.41, 5.74) is 0. The van der Waals surface area contributed by atoms with Gasteiger partial charge in [-0.05, 0) is 50.1 Å². The first-order chi connectivity index (χ1) is 10.6. The van der Waals surface area contributed by atoms with Gasteiger partial charge in [0.15, 0.2) is 5.82 Å². The molecule has 2 aliphatic carbocycles. The summed E-state index contributed by atoms with van der Waals surface area (Å²) in [6.07, 6.45) is 4.80. The molecule has 8 nitrogen and oxygen atoms in total. The van der Waals surface area contributed by atoms with E-state index in [0.717, 1.165) is 37.8 Å². The predicted molar refractivity (Wildman–Crippen MR) is 81.3 cm³/mol. The summed E-state index contributed by atoms with van der Waals surface area (Å²) >= 11 is 0. The van der Waals surface area contributed by atoms with E-state index in [4.69, 9.17) is 0 Å². The lowest BCUT2D eigenvalue weighted by Gasteiger charge is -2.23. The lowest BCUT2D eigenvalue weighted by atomic mass is 10.3. The molecule has 1 aromatic rings. The second-order valence-corrected chi connectivity index (χ2v) is 6.52. The smallest absolute Gasteiger partial charge is 0.317 e. The Morgan fingerprint density at radius 2 is 2.05 bits per heavy atom. The van der Waals surface area contributed by atoms with Crippen molar-refractivity contribution in [3.63, 3.8) is 0 Å². The Morgan fingerprint density at radius 1 is 1.32 bits per heavy atom. The number of tetrazole rings is 1. The second kappa shape index (κ2) is 6.20. The molecule has 3 rings (SSSR count). The van der Waals surface area contributed by atoms with Crippen LogP contribution in [0.25, 0.3) is 0 Å². The summed E-state index contributed by atoms with van der Waals surface area (Å²) in [6, 6.07) is 0.863. The summed E-state index contributed by atoms with van der Waals surface area (Å²) in [5, 5.41) is 14.8. The van der Waals surface area contributed by atoms with E-state index in [2.05, 4.69) is 32.8 Å². The monoisotopic (exact) mass is 307 g/mol.